The Bertz CT molecular complexity index is 797. The van der Waals surface area contributed by atoms with Crippen molar-refractivity contribution in [3.63, 3.8) is 0 Å². The maximum Gasteiger partial charge on any atom is 0.234 e. The Labute approximate surface area is 166 Å². The van der Waals surface area contributed by atoms with E-state index < -0.39 is 0 Å². The summed E-state index contributed by atoms with van der Waals surface area (Å²) in [5, 5.41) is 11.3. The Balaban J connectivity index is 1.88. The highest BCUT2D eigenvalue weighted by atomic mass is 16.5. The summed E-state index contributed by atoms with van der Waals surface area (Å²) in [6.45, 7) is 3.18. The van der Waals surface area contributed by atoms with E-state index in [4.69, 9.17) is 19.5 Å². The third-order valence-electron chi connectivity index (χ3n) is 4.06. The molecule has 0 atom stereocenters. The zero-order chi connectivity index (χ0) is 20.2. The molecule has 0 aliphatic rings. The molecule has 0 saturated heterocycles. The number of carbonyl (C=O) groups excluding carboxylic acids is 1. The highest BCUT2D eigenvalue weighted by Crippen LogP contribution is 2.25. The van der Waals surface area contributed by atoms with Crippen LogP contribution < -0.4 is 19.5 Å². The molecule has 0 spiro atoms. The zero-order valence-electron chi connectivity index (χ0n) is 16.4. The number of ether oxygens (including phenoxy) is 3. The first-order valence-electron chi connectivity index (χ1n) is 9.31. The van der Waals surface area contributed by atoms with Crippen LogP contribution in [0.5, 0.6) is 17.2 Å². The van der Waals surface area contributed by atoms with Crippen LogP contribution in [0, 0.1) is 11.3 Å². The van der Waals surface area contributed by atoms with Gasteiger partial charge in [-0.25, -0.2) is 0 Å². The summed E-state index contributed by atoms with van der Waals surface area (Å²) in [4.78, 5) is 11.5. The Morgan fingerprint density at radius 3 is 2.46 bits per heavy atom. The van der Waals surface area contributed by atoms with E-state index in [0.29, 0.717) is 24.7 Å². The van der Waals surface area contributed by atoms with Crippen LogP contribution in [0.1, 0.15) is 30.9 Å². The molecular formula is C22H26N2O4. The number of methoxy groups -OCH3 is 1. The summed E-state index contributed by atoms with van der Waals surface area (Å²) in [6, 6.07) is 15.3. The molecule has 0 unspecified atom stereocenters. The molecule has 1 amide bonds. The molecule has 0 heterocycles. The molecule has 0 aromatic heterocycles. The number of aryl methyl sites for hydroxylation is 1. The monoisotopic (exact) mass is 382 g/mol. The maximum absolute atomic E-state index is 11.5. The van der Waals surface area contributed by atoms with Gasteiger partial charge in [0.15, 0.2) is 0 Å². The minimum atomic E-state index is -0.320. The topological polar surface area (TPSA) is 80.6 Å². The summed E-state index contributed by atoms with van der Waals surface area (Å²) in [7, 11) is 1.58. The summed E-state index contributed by atoms with van der Waals surface area (Å²) >= 11 is 0. The molecule has 1 N–H and O–H groups in total. The van der Waals surface area contributed by atoms with E-state index in [1.807, 2.05) is 24.3 Å². The van der Waals surface area contributed by atoms with Crippen molar-refractivity contribution < 1.29 is 19.0 Å². The first kappa shape index (κ1) is 21.1. The van der Waals surface area contributed by atoms with Crippen molar-refractivity contribution >= 4 is 5.91 Å². The van der Waals surface area contributed by atoms with Crippen molar-refractivity contribution in [3.05, 3.63) is 53.6 Å². The molecule has 2 aromatic carbocycles. The summed E-state index contributed by atoms with van der Waals surface area (Å²) in [6.07, 6.45) is 2.01. The standard InChI is InChI=1S/C22H26N2O4/c1-3-4-17-5-8-19(9-6-17)27-13-14-28-21-15-20(26-2)10-7-18(21)16-24-22(25)11-12-23/h5-10,15H,3-4,11,13-14,16H2,1-2H3,(H,24,25). The number of benzene rings is 2. The predicted molar refractivity (Wildman–Crippen MR) is 106 cm³/mol. The van der Waals surface area contributed by atoms with Crippen LogP contribution in [0.25, 0.3) is 0 Å². The van der Waals surface area contributed by atoms with Crippen LogP contribution in [0.15, 0.2) is 42.5 Å². The highest BCUT2D eigenvalue weighted by molar-refractivity contribution is 5.78. The summed E-state index contributed by atoms with van der Waals surface area (Å²) < 4.78 is 16.8. The first-order chi connectivity index (χ1) is 13.7. The van der Waals surface area contributed by atoms with Gasteiger partial charge in [-0.1, -0.05) is 25.5 Å². The largest absolute Gasteiger partial charge is 0.497 e. The molecule has 0 fully saturated rings. The average Bonchev–Trinajstić information content (AvgIpc) is 2.71. The number of hydrogen-bond acceptors (Lipinski definition) is 5. The smallest absolute Gasteiger partial charge is 0.234 e. The molecule has 0 aliphatic heterocycles. The maximum atomic E-state index is 11.5. The number of nitrogens with one attached hydrogen (secondary N) is 1. The Morgan fingerprint density at radius 1 is 1.07 bits per heavy atom. The van der Waals surface area contributed by atoms with Crippen molar-refractivity contribution in [2.45, 2.75) is 32.7 Å². The van der Waals surface area contributed by atoms with E-state index >= 15 is 0 Å². The molecule has 0 saturated carbocycles. The van der Waals surface area contributed by atoms with Crippen LogP contribution in [-0.2, 0) is 17.8 Å². The quantitative estimate of drug-likeness (QED) is 0.600. The highest BCUT2D eigenvalue weighted by Gasteiger charge is 2.08. The molecule has 0 bridgehead atoms. The lowest BCUT2D eigenvalue weighted by molar-refractivity contribution is -0.120. The van der Waals surface area contributed by atoms with E-state index in [0.717, 1.165) is 24.2 Å². The Kier molecular flexibility index (Phi) is 8.67. The second-order valence-electron chi connectivity index (χ2n) is 6.18. The minimum Gasteiger partial charge on any atom is -0.497 e. The van der Waals surface area contributed by atoms with Gasteiger partial charge in [-0.05, 0) is 36.2 Å². The van der Waals surface area contributed by atoms with Gasteiger partial charge in [0.2, 0.25) is 5.91 Å². The van der Waals surface area contributed by atoms with Gasteiger partial charge in [-0.3, -0.25) is 4.79 Å². The van der Waals surface area contributed by atoms with Gasteiger partial charge in [0.1, 0.15) is 36.9 Å². The zero-order valence-corrected chi connectivity index (χ0v) is 16.4. The summed E-state index contributed by atoms with van der Waals surface area (Å²) in [5.74, 6) is 1.75. The van der Waals surface area contributed by atoms with Crippen molar-refractivity contribution in [2.75, 3.05) is 20.3 Å². The van der Waals surface area contributed by atoms with Crippen molar-refractivity contribution in [1.82, 2.24) is 5.32 Å². The number of hydrogen-bond donors (Lipinski definition) is 1. The number of amides is 1. The molecule has 6 heteroatoms. The fourth-order valence-electron chi connectivity index (χ4n) is 2.62. The van der Waals surface area contributed by atoms with Gasteiger partial charge in [0, 0.05) is 18.2 Å². The molecule has 6 nitrogen and oxygen atoms in total. The minimum absolute atomic E-state index is 0.169. The Hall–Kier alpha value is -3.20. The van der Waals surface area contributed by atoms with Crippen LogP contribution in [0.2, 0.25) is 0 Å². The second-order valence-corrected chi connectivity index (χ2v) is 6.18. The van der Waals surface area contributed by atoms with Crippen LogP contribution in [0.4, 0.5) is 0 Å². The number of nitriles is 1. The predicted octanol–water partition coefficient (Wildman–Crippen LogP) is 3.64. The number of nitrogens with zero attached hydrogens (tertiary/aromatic N) is 1. The Morgan fingerprint density at radius 2 is 1.79 bits per heavy atom. The third kappa shape index (κ3) is 6.84. The lowest BCUT2D eigenvalue weighted by Gasteiger charge is -2.14. The third-order valence-corrected chi connectivity index (χ3v) is 4.06. The van der Waals surface area contributed by atoms with Crippen molar-refractivity contribution in [2.24, 2.45) is 0 Å². The second kappa shape index (κ2) is 11.5. The van der Waals surface area contributed by atoms with E-state index in [9.17, 15) is 4.79 Å². The SMILES string of the molecule is CCCc1ccc(OCCOc2cc(OC)ccc2CNC(=O)CC#N)cc1. The van der Waals surface area contributed by atoms with Gasteiger partial charge >= 0.3 is 0 Å². The van der Waals surface area contributed by atoms with Gasteiger partial charge in [0.05, 0.1) is 13.2 Å². The van der Waals surface area contributed by atoms with E-state index in [1.165, 1.54) is 5.56 Å². The lowest BCUT2D eigenvalue weighted by atomic mass is 10.1. The van der Waals surface area contributed by atoms with Gasteiger partial charge in [-0.2, -0.15) is 5.26 Å². The van der Waals surface area contributed by atoms with Gasteiger partial charge in [0.25, 0.3) is 0 Å². The first-order valence-corrected chi connectivity index (χ1v) is 9.31. The molecule has 0 aliphatic carbocycles. The summed E-state index contributed by atoms with van der Waals surface area (Å²) in [5.41, 5.74) is 2.10. The molecule has 0 radical (unpaired) electrons. The van der Waals surface area contributed by atoms with E-state index in [2.05, 4.69) is 24.4 Å². The average molecular weight is 382 g/mol. The fraction of sp³-hybridized carbons (Fsp3) is 0.364. The van der Waals surface area contributed by atoms with Gasteiger partial charge in [-0.15, -0.1) is 0 Å². The van der Waals surface area contributed by atoms with Crippen molar-refractivity contribution in [3.8, 4) is 23.3 Å². The van der Waals surface area contributed by atoms with Crippen molar-refractivity contribution in [1.29, 1.82) is 5.26 Å². The molecule has 148 valence electrons. The number of rotatable bonds is 11. The normalized spacial score (nSPS) is 10.0. The fourth-order valence-corrected chi connectivity index (χ4v) is 2.62. The van der Waals surface area contributed by atoms with Crippen LogP contribution in [0.3, 0.4) is 0 Å². The van der Waals surface area contributed by atoms with Gasteiger partial charge < -0.3 is 19.5 Å². The van der Waals surface area contributed by atoms with Crippen LogP contribution in [-0.4, -0.2) is 26.2 Å². The van der Waals surface area contributed by atoms with E-state index in [1.54, 1.807) is 19.2 Å². The molecular weight excluding hydrogens is 356 g/mol. The van der Waals surface area contributed by atoms with Crippen LogP contribution >= 0.6 is 0 Å². The molecule has 2 aromatic rings. The lowest BCUT2D eigenvalue weighted by Crippen LogP contribution is -2.22. The van der Waals surface area contributed by atoms with E-state index in [-0.39, 0.29) is 18.9 Å². The number of carbonyl (C=O) groups is 1. The molecule has 28 heavy (non-hydrogen) atoms. The molecule has 2 rings (SSSR count).